The zero-order chi connectivity index (χ0) is 28.1. The van der Waals surface area contributed by atoms with Crippen molar-refractivity contribution in [1.82, 2.24) is 24.9 Å². The van der Waals surface area contributed by atoms with Gasteiger partial charge in [0.25, 0.3) is 0 Å². The summed E-state index contributed by atoms with van der Waals surface area (Å²) in [7, 11) is 0. The molecule has 0 spiro atoms. The van der Waals surface area contributed by atoms with Crippen molar-refractivity contribution in [3.63, 3.8) is 0 Å². The van der Waals surface area contributed by atoms with Crippen molar-refractivity contribution in [2.24, 2.45) is 0 Å². The first-order valence-corrected chi connectivity index (χ1v) is 13.7. The van der Waals surface area contributed by atoms with Gasteiger partial charge in [0.05, 0.1) is 5.69 Å². The second-order valence-corrected chi connectivity index (χ2v) is 9.87. The van der Waals surface area contributed by atoms with Gasteiger partial charge in [-0.1, -0.05) is 103 Å². The lowest BCUT2D eigenvalue weighted by atomic mass is 9.99. The normalized spacial score (nSPS) is 10.9. The van der Waals surface area contributed by atoms with Crippen LogP contribution in [-0.4, -0.2) is 24.9 Å². The molecule has 42 heavy (non-hydrogen) atoms. The van der Waals surface area contributed by atoms with Gasteiger partial charge in [0.1, 0.15) is 0 Å². The molecule has 0 unspecified atom stereocenters. The van der Waals surface area contributed by atoms with E-state index in [4.69, 9.17) is 19.9 Å². The second-order valence-electron chi connectivity index (χ2n) is 9.87. The number of rotatable bonds is 6. The topological polar surface area (TPSA) is 64.5 Å². The third kappa shape index (κ3) is 5.31. The van der Waals surface area contributed by atoms with Crippen LogP contribution in [0.15, 0.2) is 152 Å². The van der Waals surface area contributed by atoms with Gasteiger partial charge in [0, 0.05) is 46.4 Å². The third-order valence-corrected chi connectivity index (χ3v) is 7.09. The van der Waals surface area contributed by atoms with Gasteiger partial charge >= 0.3 is 0 Å². The van der Waals surface area contributed by atoms with E-state index in [1.54, 1.807) is 12.4 Å². The Labute approximate surface area is 244 Å². The molecule has 0 saturated heterocycles. The van der Waals surface area contributed by atoms with E-state index in [1.807, 2.05) is 91.1 Å². The number of hydrogen-bond acceptors (Lipinski definition) is 5. The molecule has 3 heterocycles. The lowest BCUT2D eigenvalue weighted by Crippen LogP contribution is -2.00. The summed E-state index contributed by atoms with van der Waals surface area (Å²) in [5, 5.41) is 0. The zero-order valence-corrected chi connectivity index (χ0v) is 22.7. The molecule has 0 atom stereocenters. The fourth-order valence-corrected chi connectivity index (χ4v) is 4.91. The fourth-order valence-electron chi connectivity index (χ4n) is 4.91. The first-order valence-electron chi connectivity index (χ1n) is 13.7. The highest BCUT2D eigenvalue weighted by atomic mass is 15.0. The smallest absolute Gasteiger partial charge is 0.164 e. The van der Waals surface area contributed by atoms with Gasteiger partial charge in [0.2, 0.25) is 0 Å². The molecule has 0 fully saturated rings. The molecular weight excluding hydrogens is 514 g/mol. The van der Waals surface area contributed by atoms with E-state index in [0.29, 0.717) is 17.5 Å². The van der Waals surface area contributed by atoms with E-state index in [2.05, 4.69) is 53.5 Å². The largest absolute Gasteiger partial charge is 0.265 e. The lowest BCUT2D eigenvalue weighted by Gasteiger charge is -2.10. The molecule has 0 aliphatic carbocycles. The van der Waals surface area contributed by atoms with Crippen LogP contribution in [0.2, 0.25) is 0 Å². The molecule has 3 aromatic heterocycles. The van der Waals surface area contributed by atoms with Crippen LogP contribution >= 0.6 is 0 Å². The van der Waals surface area contributed by atoms with Crippen LogP contribution in [-0.2, 0) is 0 Å². The molecule has 7 rings (SSSR count). The highest BCUT2D eigenvalue weighted by molar-refractivity contribution is 5.76. The van der Waals surface area contributed by atoms with Crippen molar-refractivity contribution in [1.29, 1.82) is 0 Å². The zero-order valence-electron chi connectivity index (χ0n) is 22.7. The Morgan fingerprint density at radius 1 is 0.333 bits per heavy atom. The molecule has 198 valence electrons. The van der Waals surface area contributed by atoms with Gasteiger partial charge in [-0.25, -0.2) is 15.0 Å². The predicted molar refractivity (Wildman–Crippen MR) is 168 cm³/mol. The van der Waals surface area contributed by atoms with E-state index in [1.165, 1.54) is 0 Å². The maximum atomic E-state index is 4.90. The minimum atomic E-state index is 0.633. The molecule has 0 radical (unpaired) electrons. The molecule has 0 saturated carbocycles. The molecular formula is C37H25N5. The second kappa shape index (κ2) is 11.4. The van der Waals surface area contributed by atoms with Crippen LogP contribution < -0.4 is 0 Å². The average Bonchev–Trinajstić information content (AvgIpc) is 3.09. The van der Waals surface area contributed by atoms with Crippen molar-refractivity contribution < 1.29 is 0 Å². The highest BCUT2D eigenvalue weighted by Gasteiger charge is 2.13. The third-order valence-electron chi connectivity index (χ3n) is 7.09. The van der Waals surface area contributed by atoms with Crippen molar-refractivity contribution in [2.75, 3.05) is 0 Å². The summed E-state index contributed by atoms with van der Waals surface area (Å²) >= 11 is 0. The van der Waals surface area contributed by atoms with Gasteiger partial charge < -0.3 is 0 Å². The molecule has 5 heteroatoms. The Hall–Kier alpha value is -5.81. The lowest BCUT2D eigenvalue weighted by molar-refractivity contribution is 1.07. The number of hydrogen-bond donors (Lipinski definition) is 0. The summed E-state index contributed by atoms with van der Waals surface area (Å²) in [5.41, 5.74) is 9.12. The fraction of sp³-hybridized carbons (Fsp3) is 0. The van der Waals surface area contributed by atoms with Crippen LogP contribution in [0, 0.1) is 0 Å². The van der Waals surface area contributed by atoms with Crippen molar-refractivity contribution >= 4 is 0 Å². The van der Waals surface area contributed by atoms with E-state index in [-0.39, 0.29) is 0 Å². The SMILES string of the molecule is c1ccc(-c2nc(-c3ccccc3)nc(-c3cccc(-c4cccc(-c5ccc(-c6ccncc6)cn5)c4)c3)n2)cc1. The van der Waals surface area contributed by atoms with Crippen molar-refractivity contribution in [3.05, 3.63) is 152 Å². The molecule has 0 N–H and O–H groups in total. The highest BCUT2D eigenvalue weighted by Crippen LogP contribution is 2.30. The van der Waals surface area contributed by atoms with Gasteiger partial charge in [-0.3, -0.25) is 9.97 Å². The maximum Gasteiger partial charge on any atom is 0.164 e. The molecule has 0 amide bonds. The van der Waals surface area contributed by atoms with E-state index in [0.717, 1.165) is 50.2 Å². The number of aromatic nitrogens is 5. The van der Waals surface area contributed by atoms with E-state index >= 15 is 0 Å². The molecule has 0 aliphatic rings. The summed E-state index contributed by atoms with van der Waals surface area (Å²) in [6.07, 6.45) is 5.50. The minimum absolute atomic E-state index is 0.633. The standard InChI is InChI=1S/C37H25N5/c1-3-9-27(10-4-1)35-40-36(28-11-5-2-6-12-28)42-37(41-35)32-16-8-14-30(24-32)29-13-7-15-31(23-29)34-18-17-33(25-39-34)26-19-21-38-22-20-26/h1-25H. The molecule has 7 aromatic rings. The predicted octanol–water partition coefficient (Wildman–Crippen LogP) is 8.66. The van der Waals surface area contributed by atoms with Crippen molar-refractivity contribution in [2.45, 2.75) is 0 Å². The quantitative estimate of drug-likeness (QED) is 0.212. The van der Waals surface area contributed by atoms with Crippen LogP contribution in [0.3, 0.4) is 0 Å². The molecule has 0 bridgehead atoms. The van der Waals surface area contributed by atoms with Gasteiger partial charge in [-0.2, -0.15) is 0 Å². The monoisotopic (exact) mass is 539 g/mol. The number of benzene rings is 4. The van der Waals surface area contributed by atoms with Crippen molar-refractivity contribution in [3.8, 4) is 67.7 Å². The Bertz CT molecular complexity index is 1900. The van der Waals surface area contributed by atoms with Crippen LogP contribution in [0.25, 0.3) is 67.7 Å². The summed E-state index contributed by atoms with van der Waals surface area (Å²) < 4.78 is 0. The molecule has 0 aliphatic heterocycles. The van der Waals surface area contributed by atoms with Gasteiger partial charge in [-0.15, -0.1) is 0 Å². The summed E-state index contributed by atoms with van der Waals surface area (Å²) in [5.74, 6) is 1.93. The Morgan fingerprint density at radius 2 is 0.833 bits per heavy atom. The van der Waals surface area contributed by atoms with Crippen LogP contribution in [0.4, 0.5) is 0 Å². The van der Waals surface area contributed by atoms with Crippen LogP contribution in [0.5, 0.6) is 0 Å². The van der Waals surface area contributed by atoms with Gasteiger partial charge in [0.15, 0.2) is 17.5 Å². The Balaban J connectivity index is 1.25. The molecule has 5 nitrogen and oxygen atoms in total. The van der Waals surface area contributed by atoms with E-state index < -0.39 is 0 Å². The number of nitrogens with zero attached hydrogens (tertiary/aromatic N) is 5. The Morgan fingerprint density at radius 3 is 1.40 bits per heavy atom. The van der Waals surface area contributed by atoms with E-state index in [9.17, 15) is 0 Å². The number of pyridine rings is 2. The summed E-state index contributed by atoms with van der Waals surface area (Å²) in [6, 6.07) is 45.0. The summed E-state index contributed by atoms with van der Waals surface area (Å²) in [6.45, 7) is 0. The first-order chi connectivity index (χ1) is 20.8. The summed E-state index contributed by atoms with van der Waals surface area (Å²) in [4.78, 5) is 23.5. The first kappa shape index (κ1) is 25.2. The minimum Gasteiger partial charge on any atom is -0.265 e. The van der Waals surface area contributed by atoms with Gasteiger partial charge in [-0.05, 0) is 47.0 Å². The maximum absolute atomic E-state index is 4.90. The van der Waals surface area contributed by atoms with Crippen LogP contribution in [0.1, 0.15) is 0 Å². The molecule has 4 aromatic carbocycles. The average molecular weight is 540 g/mol. The Kier molecular flexibility index (Phi) is 6.81.